The average Bonchev–Trinajstić information content (AvgIpc) is 3.61. The molecule has 0 radical (unpaired) electrons. The summed E-state index contributed by atoms with van der Waals surface area (Å²) in [7, 11) is 0. The maximum atomic E-state index is 6.88. The molecule has 0 N–H and O–H groups in total. The largest absolute Gasteiger partial charge is 0.454 e. The second-order valence-corrected chi connectivity index (χ2v) is 14.9. The van der Waals surface area contributed by atoms with Gasteiger partial charge in [0, 0.05) is 28.3 Å². The van der Waals surface area contributed by atoms with E-state index < -0.39 is 0 Å². The molecule has 3 unspecified atom stereocenters. The fourth-order valence-corrected chi connectivity index (χ4v) is 9.14. The zero-order chi connectivity index (χ0) is 34.4. The lowest BCUT2D eigenvalue weighted by Crippen LogP contribution is -2.34. The Hall–Kier alpha value is -5.60. The van der Waals surface area contributed by atoms with Crippen molar-refractivity contribution in [3.63, 3.8) is 0 Å². The molecule has 5 aliphatic carbocycles. The Balaban J connectivity index is 1.04. The molecule has 3 atom stereocenters. The standard InChI is InChI=1S/C50H43NO/c1-2-12-37(13-3-1)45-19-10-22-48-49(45)46-20-9-21-47(50(46)52-48)51(41-29-25-35(26-30-41)40-24-23-34-11-4-5-15-39(34)33-40)42-31-27-38(28-32-42)44-18-8-16-36-14-6-7-17-43(36)44/h2,4-5,7-13,15-17,19-25,27-31,33,35,42,44H,1,3,6,14,18,26,32H2. The zero-order valence-corrected chi connectivity index (χ0v) is 29.5. The van der Waals surface area contributed by atoms with Crippen LogP contribution >= 0.6 is 0 Å². The van der Waals surface area contributed by atoms with Crippen LogP contribution in [0, 0.1) is 5.92 Å². The first kappa shape index (κ1) is 31.2. The Labute approximate surface area is 306 Å². The smallest absolute Gasteiger partial charge is 0.159 e. The Morgan fingerprint density at radius 2 is 1.58 bits per heavy atom. The second kappa shape index (κ2) is 13.2. The number of benzene rings is 4. The van der Waals surface area contributed by atoms with E-state index in [2.05, 4.69) is 163 Å². The molecule has 10 rings (SSSR count). The van der Waals surface area contributed by atoms with Crippen molar-refractivity contribution < 1.29 is 4.42 Å². The minimum atomic E-state index is 0.161. The van der Waals surface area contributed by atoms with Gasteiger partial charge in [0.05, 0.1) is 11.7 Å². The third-order valence-corrected chi connectivity index (χ3v) is 11.8. The normalized spacial score (nSPS) is 22.5. The molecule has 2 nitrogen and oxygen atoms in total. The summed E-state index contributed by atoms with van der Waals surface area (Å²) in [6, 6.07) is 29.0. The van der Waals surface area contributed by atoms with Gasteiger partial charge in [-0.1, -0.05) is 140 Å². The number of fused-ring (bicyclic) bond motifs is 4. The van der Waals surface area contributed by atoms with Gasteiger partial charge >= 0.3 is 0 Å². The molecule has 0 bridgehead atoms. The van der Waals surface area contributed by atoms with E-state index in [1.54, 1.807) is 0 Å². The van der Waals surface area contributed by atoms with E-state index in [1.165, 1.54) is 60.7 Å². The minimum Gasteiger partial charge on any atom is -0.454 e. The van der Waals surface area contributed by atoms with Gasteiger partial charge in [-0.15, -0.1) is 0 Å². The quantitative estimate of drug-likeness (QED) is 0.178. The van der Waals surface area contributed by atoms with Gasteiger partial charge in [-0.25, -0.2) is 0 Å². The first-order valence-corrected chi connectivity index (χ1v) is 19.2. The maximum absolute atomic E-state index is 6.88. The third-order valence-electron chi connectivity index (χ3n) is 11.8. The summed E-state index contributed by atoms with van der Waals surface area (Å²) < 4.78 is 6.88. The summed E-state index contributed by atoms with van der Waals surface area (Å²) in [6.45, 7) is 0. The molecule has 0 saturated heterocycles. The van der Waals surface area contributed by atoms with Gasteiger partial charge in [0.1, 0.15) is 5.58 Å². The fourth-order valence-electron chi connectivity index (χ4n) is 9.14. The van der Waals surface area contributed by atoms with Gasteiger partial charge in [-0.05, 0) is 107 Å². The van der Waals surface area contributed by atoms with Gasteiger partial charge in [-0.3, -0.25) is 0 Å². The molecule has 254 valence electrons. The summed E-state index contributed by atoms with van der Waals surface area (Å²) in [5.41, 5.74) is 12.7. The van der Waals surface area contributed by atoms with Gasteiger partial charge < -0.3 is 9.32 Å². The van der Waals surface area contributed by atoms with E-state index in [0.29, 0.717) is 11.8 Å². The van der Waals surface area contributed by atoms with Crippen molar-refractivity contribution in [2.45, 2.75) is 56.9 Å². The van der Waals surface area contributed by atoms with E-state index >= 15 is 0 Å². The van der Waals surface area contributed by atoms with E-state index in [9.17, 15) is 0 Å². The molecule has 0 amide bonds. The van der Waals surface area contributed by atoms with E-state index in [1.807, 2.05) is 0 Å². The number of allylic oxidation sites excluding steroid dienone is 15. The Morgan fingerprint density at radius 3 is 2.44 bits per heavy atom. The molecular formula is C50H43NO. The van der Waals surface area contributed by atoms with Gasteiger partial charge in [0.2, 0.25) is 0 Å². The SMILES string of the molecule is C1=CC(c2cccc3oc4c(N(C5=CCC(c6ccc7ccccc7c6)C=C5)C5C=CC(C6CC=CC7=C6C=CCC7)=CC5)cccc4c23)=CCC1. The molecule has 4 aromatic carbocycles. The highest BCUT2D eigenvalue weighted by molar-refractivity contribution is 6.14. The predicted octanol–water partition coefficient (Wildman–Crippen LogP) is 13.4. The Kier molecular flexibility index (Phi) is 7.90. The number of hydrogen-bond donors (Lipinski definition) is 0. The Morgan fingerprint density at radius 1 is 0.654 bits per heavy atom. The van der Waals surface area contributed by atoms with Crippen LogP contribution in [0.4, 0.5) is 5.69 Å². The van der Waals surface area contributed by atoms with Crippen LogP contribution in [0.1, 0.15) is 62.0 Å². The van der Waals surface area contributed by atoms with Crippen LogP contribution in [0.25, 0.3) is 38.3 Å². The van der Waals surface area contributed by atoms with Crippen LogP contribution in [0.15, 0.2) is 185 Å². The van der Waals surface area contributed by atoms with Crippen molar-refractivity contribution in [2.24, 2.45) is 5.92 Å². The monoisotopic (exact) mass is 673 g/mol. The molecule has 52 heavy (non-hydrogen) atoms. The highest BCUT2D eigenvalue weighted by Gasteiger charge is 2.29. The molecule has 2 heteroatoms. The van der Waals surface area contributed by atoms with E-state index in [0.717, 1.165) is 61.8 Å². The van der Waals surface area contributed by atoms with Crippen molar-refractivity contribution in [3.8, 4) is 0 Å². The first-order valence-electron chi connectivity index (χ1n) is 19.2. The van der Waals surface area contributed by atoms with E-state index in [4.69, 9.17) is 4.42 Å². The molecule has 1 heterocycles. The lowest BCUT2D eigenvalue weighted by Gasteiger charge is -2.36. The number of rotatable bonds is 6. The fraction of sp³-hybridized carbons (Fsp3) is 0.200. The van der Waals surface area contributed by atoms with Gasteiger partial charge in [-0.2, -0.15) is 0 Å². The van der Waals surface area contributed by atoms with Crippen LogP contribution in [0.2, 0.25) is 0 Å². The van der Waals surface area contributed by atoms with Crippen LogP contribution < -0.4 is 4.90 Å². The molecule has 0 fully saturated rings. The van der Waals surface area contributed by atoms with Crippen molar-refractivity contribution in [1.29, 1.82) is 0 Å². The topological polar surface area (TPSA) is 16.4 Å². The first-order chi connectivity index (χ1) is 25.8. The van der Waals surface area contributed by atoms with Crippen LogP contribution in [-0.4, -0.2) is 6.04 Å². The highest BCUT2D eigenvalue weighted by atomic mass is 16.3. The number of anilines is 1. The Bertz CT molecular complexity index is 2520. The average molecular weight is 674 g/mol. The summed E-state index contributed by atoms with van der Waals surface area (Å²) in [6.07, 6.45) is 38.5. The van der Waals surface area contributed by atoms with E-state index in [-0.39, 0.29) is 6.04 Å². The molecule has 5 aromatic rings. The second-order valence-electron chi connectivity index (χ2n) is 14.9. The van der Waals surface area contributed by atoms with Crippen molar-refractivity contribution in [2.75, 3.05) is 4.90 Å². The lowest BCUT2D eigenvalue weighted by atomic mass is 9.77. The molecule has 1 aromatic heterocycles. The minimum absolute atomic E-state index is 0.161. The summed E-state index contributed by atoms with van der Waals surface area (Å²) in [4.78, 5) is 2.55. The summed E-state index contributed by atoms with van der Waals surface area (Å²) in [5, 5.41) is 4.98. The van der Waals surface area contributed by atoms with Crippen LogP contribution in [-0.2, 0) is 0 Å². The molecule has 5 aliphatic rings. The van der Waals surface area contributed by atoms with Gasteiger partial charge in [0.25, 0.3) is 0 Å². The number of nitrogens with zero attached hydrogens (tertiary/aromatic N) is 1. The number of para-hydroxylation sites is 1. The molecule has 0 aliphatic heterocycles. The maximum Gasteiger partial charge on any atom is 0.159 e. The molecule has 0 saturated carbocycles. The van der Waals surface area contributed by atoms with Crippen molar-refractivity contribution in [3.05, 3.63) is 191 Å². The zero-order valence-electron chi connectivity index (χ0n) is 29.5. The van der Waals surface area contributed by atoms with Crippen molar-refractivity contribution >= 4 is 44.0 Å². The van der Waals surface area contributed by atoms with Crippen LogP contribution in [0.3, 0.4) is 0 Å². The van der Waals surface area contributed by atoms with Crippen LogP contribution in [0.5, 0.6) is 0 Å². The lowest BCUT2D eigenvalue weighted by molar-refractivity contribution is 0.658. The third kappa shape index (κ3) is 5.49. The summed E-state index contributed by atoms with van der Waals surface area (Å²) >= 11 is 0. The summed E-state index contributed by atoms with van der Waals surface area (Å²) in [5.74, 6) is 0.787. The highest BCUT2D eigenvalue weighted by Crippen LogP contribution is 2.44. The molecular weight excluding hydrogens is 631 g/mol. The molecule has 0 spiro atoms. The predicted molar refractivity (Wildman–Crippen MR) is 219 cm³/mol. The van der Waals surface area contributed by atoms with Gasteiger partial charge in [0.15, 0.2) is 5.58 Å². The number of hydrogen-bond acceptors (Lipinski definition) is 2. The van der Waals surface area contributed by atoms with Crippen molar-refractivity contribution in [1.82, 2.24) is 0 Å². The number of furan rings is 1.